The smallest absolute Gasteiger partial charge is 0.228 e. The molecule has 2 rings (SSSR count). The van der Waals surface area contributed by atoms with Crippen LogP contribution in [0.15, 0.2) is 30.3 Å². The van der Waals surface area contributed by atoms with Crippen molar-refractivity contribution in [1.29, 1.82) is 0 Å². The molecular weight excluding hydrogens is 322 g/mol. The standard InChI is InChI=1S/C15H21N3O2S.ClH/c16-14(19)6-8-18(13-4-2-1-3-5-13)15(20)10-12-11-21-9-7-17-12;/h1-5,12,17H,6-11H2,(H2,16,19);1H. The fourth-order valence-corrected chi connectivity index (χ4v) is 3.25. The third kappa shape index (κ3) is 5.87. The lowest BCUT2D eigenvalue weighted by molar-refractivity contribution is -0.119. The summed E-state index contributed by atoms with van der Waals surface area (Å²) < 4.78 is 0. The third-order valence-corrected chi connectivity index (χ3v) is 4.50. The van der Waals surface area contributed by atoms with E-state index < -0.39 is 5.91 Å². The highest BCUT2D eigenvalue weighted by atomic mass is 35.5. The molecule has 0 aromatic heterocycles. The van der Waals surface area contributed by atoms with Gasteiger partial charge in [-0.3, -0.25) is 9.59 Å². The number of benzene rings is 1. The summed E-state index contributed by atoms with van der Waals surface area (Å²) in [7, 11) is 0. The average Bonchev–Trinajstić information content (AvgIpc) is 2.49. The van der Waals surface area contributed by atoms with Gasteiger partial charge in [0.15, 0.2) is 0 Å². The van der Waals surface area contributed by atoms with Gasteiger partial charge in [0.1, 0.15) is 0 Å². The summed E-state index contributed by atoms with van der Waals surface area (Å²) in [5, 5.41) is 3.36. The molecule has 0 aliphatic carbocycles. The molecule has 1 saturated heterocycles. The molecule has 22 heavy (non-hydrogen) atoms. The van der Waals surface area contributed by atoms with Crippen molar-refractivity contribution in [2.75, 3.05) is 29.5 Å². The van der Waals surface area contributed by atoms with Crippen LogP contribution in [-0.4, -0.2) is 42.5 Å². The van der Waals surface area contributed by atoms with Gasteiger partial charge in [-0.25, -0.2) is 0 Å². The maximum atomic E-state index is 12.5. The summed E-state index contributed by atoms with van der Waals surface area (Å²) in [4.78, 5) is 25.2. The van der Waals surface area contributed by atoms with Gasteiger partial charge in [0.05, 0.1) is 0 Å². The number of primary amides is 1. The van der Waals surface area contributed by atoms with E-state index in [9.17, 15) is 9.59 Å². The molecule has 3 N–H and O–H groups in total. The number of carbonyl (C=O) groups is 2. The first-order valence-electron chi connectivity index (χ1n) is 7.11. The van der Waals surface area contributed by atoms with Crippen molar-refractivity contribution in [2.24, 2.45) is 5.73 Å². The predicted octanol–water partition coefficient (Wildman–Crippen LogP) is 1.41. The van der Waals surface area contributed by atoms with Crippen molar-refractivity contribution < 1.29 is 9.59 Å². The molecule has 0 radical (unpaired) electrons. The van der Waals surface area contributed by atoms with Gasteiger partial charge in [0.25, 0.3) is 0 Å². The first-order chi connectivity index (χ1) is 10.2. The summed E-state index contributed by atoms with van der Waals surface area (Å²) in [5.74, 6) is 1.68. The molecule has 0 saturated carbocycles. The van der Waals surface area contributed by atoms with Gasteiger partial charge in [-0.1, -0.05) is 18.2 Å². The van der Waals surface area contributed by atoms with E-state index in [1.54, 1.807) is 4.90 Å². The molecule has 122 valence electrons. The molecular formula is C15H22ClN3O2S. The Bertz CT molecular complexity index is 481. The van der Waals surface area contributed by atoms with Crippen LogP contribution in [0.4, 0.5) is 5.69 Å². The zero-order valence-corrected chi connectivity index (χ0v) is 14.0. The third-order valence-electron chi connectivity index (χ3n) is 3.37. The van der Waals surface area contributed by atoms with Gasteiger partial charge >= 0.3 is 0 Å². The molecule has 0 bridgehead atoms. The summed E-state index contributed by atoms with van der Waals surface area (Å²) in [6, 6.07) is 9.63. The maximum Gasteiger partial charge on any atom is 0.228 e. The summed E-state index contributed by atoms with van der Waals surface area (Å²) in [5.41, 5.74) is 6.02. The van der Waals surface area contributed by atoms with Crippen LogP contribution >= 0.6 is 24.2 Å². The molecule has 2 amide bonds. The van der Waals surface area contributed by atoms with Crippen LogP contribution < -0.4 is 16.0 Å². The minimum Gasteiger partial charge on any atom is -0.370 e. The second-order valence-electron chi connectivity index (χ2n) is 5.03. The zero-order chi connectivity index (χ0) is 15.1. The van der Waals surface area contributed by atoms with Gasteiger partial charge < -0.3 is 16.0 Å². The fraction of sp³-hybridized carbons (Fsp3) is 0.467. The second kappa shape index (κ2) is 9.71. The van der Waals surface area contributed by atoms with E-state index >= 15 is 0 Å². The van der Waals surface area contributed by atoms with Gasteiger partial charge in [-0.15, -0.1) is 12.4 Å². The lowest BCUT2D eigenvalue weighted by Crippen LogP contribution is -2.43. The number of hydrogen-bond acceptors (Lipinski definition) is 4. The van der Waals surface area contributed by atoms with Gasteiger partial charge in [-0.05, 0) is 12.1 Å². The molecule has 1 atom stereocenters. The van der Waals surface area contributed by atoms with Crippen molar-refractivity contribution in [3.05, 3.63) is 30.3 Å². The molecule has 7 heteroatoms. The van der Waals surface area contributed by atoms with Gasteiger partial charge in [-0.2, -0.15) is 11.8 Å². The highest BCUT2D eigenvalue weighted by Crippen LogP contribution is 2.17. The molecule has 1 aromatic carbocycles. The summed E-state index contributed by atoms with van der Waals surface area (Å²) in [6.45, 7) is 1.27. The molecule has 5 nitrogen and oxygen atoms in total. The molecule has 1 fully saturated rings. The number of halogens is 1. The van der Waals surface area contributed by atoms with E-state index in [0.29, 0.717) is 13.0 Å². The lowest BCUT2D eigenvalue weighted by Gasteiger charge is -2.27. The predicted molar refractivity (Wildman–Crippen MR) is 93.6 cm³/mol. The van der Waals surface area contributed by atoms with E-state index in [0.717, 1.165) is 23.7 Å². The largest absolute Gasteiger partial charge is 0.370 e. The number of nitrogens with two attached hydrogens (primary N) is 1. The number of para-hydroxylation sites is 1. The van der Waals surface area contributed by atoms with E-state index in [1.807, 2.05) is 42.1 Å². The molecule has 0 spiro atoms. The van der Waals surface area contributed by atoms with Crippen LogP contribution in [0.5, 0.6) is 0 Å². The Kier molecular flexibility index (Phi) is 8.30. The number of carbonyl (C=O) groups excluding carboxylic acids is 2. The van der Waals surface area contributed by atoms with Crippen molar-refractivity contribution in [1.82, 2.24) is 5.32 Å². The first kappa shape index (κ1) is 18.8. The van der Waals surface area contributed by atoms with Crippen LogP contribution in [0.1, 0.15) is 12.8 Å². The maximum absolute atomic E-state index is 12.5. The Morgan fingerprint density at radius 2 is 2.05 bits per heavy atom. The Labute approximate surface area is 141 Å². The van der Waals surface area contributed by atoms with Gasteiger partial charge in [0.2, 0.25) is 11.8 Å². The SMILES string of the molecule is Cl.NC(=O)CCN(C(=O)CC1CSCCN1)c1ccccc1. The van der Waals surface area contributed by atoms with E-state index in [-0.39, 0.29) is 30.8 Å². The van der Waals surface area contributed by atoms with Crippen LogP contribution in [-0.2, 0) is 9.59 Å². The minimum absolute atomic E-state index is 0. The number of rotatable bonds is 6. The first-order valence-corrected chi connectivity index (χ1v) is 8.27. The Hall–Kier alpha value is -1.24. The summed E-state index contributed by atoms with van der Waals surface area (Å²) in [6.07, 6.45) is 0.619. The van der Waals surface area contributed by atoms with Crippen molar-refractivity contribution in [3.8, 4) is 0 Å². The van der Waals surface area contributed by atoms with Crippen molar-refractivity contribution in [2.45, 2.75) is 18.9 Å². The van der Waals surface area contributed by atoms with Crippen LogP contribution in [0, 0.1) is 0 Å². The van der Waals surface area contributed by atoms with Crippen LogP contribution in [0.25, 0.3) is 0 Å². The number of nitrogens with one attached hydrogen (secondary N) is 1. The molecule has 1 aromatic rings. The normalized spacial score (nSPS) is 17.4. The number of hydrogen-bond donors (Lipinski definition) is 2. The Morgan fingerprint density at radius 3 is 2.64 bits per heavy atom. The Balaban J connectivity index is 0.00000242. The molecule has 1 aliphatic heterocycles. The highest BCUT2D eigenvalue weighted by molar-refractivity contribution is 7.99. The molecule has 1 aliphatic rings. The minimum atomic E-state index is -0.393. The highest BCUT2D eigenvalue weighted by Gasteiger charge is 2.22. The van der Waals surface area contributed by atoms with E-state index in [2.05, 4.69) is 5.32 Å². The number of anilines is 1. The van der Waals surface area contributed by atoms with Crippen molar-refractivity contribution in [3.63, 3.8) is 0 Å². The zero-order valence-electron chi connectivity index (χ0n) is 12.4. The van der Waals surface area contributed by atoms with Gasteiger partial charge in [0, 0.05) is 49.2 Å². The topological polar surface area (TPSA) is 75.4 Å². The van der Waals surface area contributed by atoms with Crippen LogP contribution in [0.3, 0.4) is 0 Å². The van der Waals surface area contributed by atoms with E-state index in [4.69, 9.17) is 5.73 Å². The summed E-state index contributed by atoms with van der Waals surface area (Å²) >= 11 is 1.86. The lowest BCUT2D eigenvalue weighted by atomic mass is 10.1. The van der Waals surface area contributed by atoms with Crippen LogP contribution in [0.2, 0.25) is 0 Å². The fourth-order valence-electron chi connectivity index (χ4n) is 2.30. The molecule has 1 heterocycles. The Morgan fingerprint density at radius 1 is 1.32 bits per heavy atom. The number of nitrogens with zero attached hydrogens (tertiary/aromatic N) is 1. The molecule has 1 unspecified atom stereocenters. The quantitative estimate of drug-likeness (QED) is 0.819. The number of amides is 2. The van der Waals surface area contributed by atoms with Crippen molar-refractivity contribution >= 4 is 41.7 Å². The van der Waals surface area contributed by atoms with E-state index in [1.165, 1.54) is 0 Å². The monoisotopic (exact) mass is 343 g/mol. The number of thioether (sulfide) groups is 1. The average molecular weight is 344 g/mol. The second-order valence-corrected chi connectivity index (χ2v) is 6.18.